The van der Waals surface area contributed by atoms with E-state index >= 15 is 0 Å². The van der Waals surface area contributed by atoms with E-state index in [1.54, 1.807) is 0 Å². The molecular weight excluding hydrogens is 150 g/mol. The Labute approximate surface area is 74.2 Å². The molecule has 0 aliphatic carbocycles. The maximum absolute atomic E-state index is 5.43. The summed E-state index contributed by atoms with van der Waals surface area (Å²) in [5.41, 5.74) is 0. The van der Waals surface area contributed by atoms with Gasteiger partial charge < -0.3 is 9.30 Å². The van der Waals surface area contributed by atoms with Crippen LogP contribution in [0.3, 0.4) is 0 Å². The van der Waals surface area contributed by atoms with Gasteiger partial charge in [-0.3, -0.25) is 0 Å². The molecule has 0 bridgehead atoms. The number of rotatable bonds is 6. The first-order valence-corrected chi connectivity index (χ1v) is 4.62. The van der Waals surface area contributed by atoms with Gasteiger partial charge in [0.1, 0.15) is 0 Å². The molecule has 1 aromatic rings. The molecule has 1 rings (SSSR count). The smallest absolute Gasteiger partial charge is 0.0645 e. The molecule has 0 aliphatic heterocycles. The lowest BCUT2D eigenvalue weighted by Gasteiger charge is -2.03. The predicted molar refractivity (Wildman–Crippen MR) is 50.2 cm³/mol. The van der Waals surface area contributed by atoms with Gasteiger partial charge in [-0.05, 0) is 18.6 Å². The molecule has 0 unspecified atom stereocenters. The van der Waals surface area contributed by atoms with Gasteiger partial charge in [0.05, 0.1) is 6.61 Å². The van der Waals surface area contributed by atoms with Gasteiger partial charge in [0.15, 0.2) is 0 Å². The fraction of sp³-hybridized carbons (Fsp3) is 0.600. The molecule has 68 valence electrons. The summed E-state index contributed by atoms with van der Waals surface area (Å²) in [6.07, 6.45) is 6.50. The minimum atomic E-state index is 0.828. The van der Waals surface area contributed by atoms with Crippen molar-refractivity contribution in [1.29, 1.82) is 0 Å². The zero-order chi connectivity index (χ0) is 8.65. The van der Waals surface area contributed by atoms with Gasteiger partial charge >= 0.3 is 0 Å². The van der Waals surface area contributed by atoms with Gasteiger partial charge in [-0.25, -0.2) is 0 Å². The van der Waals surface area contributed by atoms with E-state index in [-0.39, 0.29) is 0 Å². The van der Waals surface area contributed by atoms with Gasteiger partial charge in [-0.2, -0.15) is 0 Å². The number of aromatic nitrogens is 1. The number of ether oxygens (including phenoxy) is 1. The molecule has 0 saturated carbocycles. The Morgan fingerprint density at radius 2 is 1.92 bits per heavy atom. The quantitative estimate of drug-likeness (QED) is 0.593. The highest BCUT2D eigenvalue weighted by Gasteiger charge is 1.88. The summed E-state index contributed by atoms with van der Waals surface area (Å²) in [6, 6.07) is 4.07. The van der Waals surface area contributed by atoms with Crippen LogP contribution in [0, 0.1) is 0 Å². The van der Waals surface area contributed by atoms with Crippen LogP contribution < -0.4 is 0 Å². The van der Waals surface area contributed by atoms with E-state index in [0.717, 1.165) is 19.8 Å². The Morgan fingerprint density at radius 1 is 1.17 bits per heavy atom. The summed E-state index contributed by atoms with van der Waals surface area (Å²) >= 11 is 0. The molecule has 0 atom stereocenters. The third-order valence-corrected chi connectivity index (χ3v) is 1.80. The van der Waals surface area contributed by atoms with Crippen molar-refractivity contribution in [2.24, 2.45) is 0 Å². The van der Waals surface area contributed by atoms with Crippen molar-refractivity contribution in [3.8, 4) is 0 Å². The van der Waals surface area contributed by atoms with Gasteiger partial charge in [0.2, 0.25) is 0 Å². The van der Waals surface area contributed by atoms with Crippen LogP contribution in [-0.4, -0.2) is 17.8 Å². The van der Waals surface area contributed by atoms with Crippen LogP contribution in [0.2, 0.25) is 0 Å². The monoisotopic (exact) mass is 167 g/mol. The standard InChI is InChI=1S/C10H17NO/c1-2-3-9-12-10-8-11-6-4-5-7-11/h4-7H,2-3,8-10H2,1H3. The van der Waals surface area contributed by atoms with Gasteiger partial charge in [-0.15, -0.1) is 0 Å². The summed E-state index contributed by atoms with van der Waals surface area (Å²) < 4.78 is 7.56. The van der Waals surface area contributed by atoms with Crippen LogP contribution in [0.15, 0.2) is 24.5 Å². The van der Waals surface area contributed by atoms with Crippen molar-refractivity contribution < 1.29 is 4.74 Å². The predicted octanol–water partition coefficient (Wildman–Crippen LogP) is 2.30. The number of hydrogen-bond donors (Lipinski definition) is 0. The lowest BCUT2D eigenvalue weighted by Crippen LogP contribution is -2.04. The van der Waals surface area contributed by atoms with E-state index in [9.17, 15) is 0 Å². The molecule has 0 spiro atoms. The highest BCUT2D eigenvalue weighted by molar-refractivity contribution is 4.89. The highest BCUT2D eigenvalue weighted by atomic mass is 16.5. The maximum atomic E-state index is 5.43. The first-order chi connectivity index (χ1) is 5.93. The van der Waals surface area contributed by atoms with E-state index < -0.39 is 0 Å². The second-order valence-corrected chi connectivity index (χ2v) is 2.89. The van der Waals surface area contributed by atoms with Crippen LogP contribution in [0.4, 0.5) is 0 Å². The molecule has 0 amide bonds. The molecule has 1 aromatic heterocycles. The van der Waals surface area contributed by atoms with Crippen LogP contribution >= 0.6 is 0 Å². The second-order valence-electron chi connectivity index (χ2n) is 2.89. The molecule has 12 heavy (non-hydrogen) atoms. The van der Waals surface area contributed by atoms with Crippen molar-refractivity contribution in [3.63, 3.8) is 0 Å². The topological polar surface area (TPSA) is 14.2 Å². The third-order valence-electron chi connectivity index (χ3n) is 1.80. The van der Waals surface area contributed by atoms with Crippen LogP contribution in [0.25, 0.3) is 0 Å². The Bertz CT molecular complexity index is 182. The van der Waals surface area contributed by atoms with Crippen molar-refractivity contribution in [2.45, 2.75) is 26.3 Å². The SMILES string of the molecule is CCCCOCCn1cccc1. The largest absolute Gasteiger partial charge is 0.380 e. The summed E-state index contributed by atoms with van der Waals surface area (Å²) in [5, 5.41) is 0. The minimum absolute atomic E-state index is 0.828. The van der Waals surface area contributed by atoms with Gasteiger partial charge in [0, 0.05) is 25.5 Å². The van der Waals surface area contributed by atoms with Crippen molar-refractivity contribution in [1.82, 2.24) is 4.57 Å². The van der Waals surface area contributed by atoms with E-state index in [0.29, 0.717) is 0 Å². The average Bonchev–Trinajstić information content (AvgIpc) is 2.57. The molecule has 0 radical (unpaired) electrons. The fourth-order valence-electron chi connectivity index (χ4n) is 1.04. The van der Waals surface area contributed by atoms with E-state index in [2.05, 4.69) is 23.9 Å². The van der Waals surface area contributed by atoms with Crippen LogP contribution in [0.1, 0.15) is 19.8 Å². The van der Waals surface area contributed by atoms with E-state index in [1.807, 2.05) is 12.1 Å². The molecule has 0 fully saturated rings. The second kappa shape index (κ2) is 5.84. The fourth-order valence-corrected chi connectivity index (χ4v) is 1.04. The summed E-state index contributed by atoms with van der Waals surface area (Å²) in [7, 11) is 0. The first-order valence-electron chi connectivity index (χ1n) is 4.62. The summed E-state index contributed by atoms with van der Waals surface area (Å²) in [5.74, 6) is 0. The molecule has 2 nitrogen and oxygen atoms in total. The van der Waals surface area contributed by atoms with E-state index in [1.165, 1.54) is 12.8 Å². The molecule has 0 N–H and O–H groups in total. The molecule has 1 heterocycles. The Balaban J connectivity index is 1.96. The van der Waals surface area contributed by atoms with Crippen LogP contribution in [-0.2, 0) is 11.3 Å². The Hall–Kier alpha value is -0.760. The maximum Gasteiger partial charge on any atom is 0.0645 e. The van der Waals surface area contributed by atoms with E-state index in [4.69, 9.17) is 4.74 Å². The lowest BCUT2D eigenvalue weighted by molar-refractivity contribution is 0.123. The number of nitrogens with zero attached hydrogens (tertiary/aromatic N) is 1. The average molecular weight is 167 g/mol. The summed E-state index contributed by atoms with van der Waals surface area (Å²) in [4.78, 5) is 0. The Morgan fingerprint density at radius 3 is 2.58 bits per heavy atom. The van der Waals surface area contributed by atoms with Crippen molar-refractivity contribution in [3.05, 3.63) is 24.5 Å². The zero-order valence-electron chi connectivity index (χ0n) is 7.70. The number of hydrogen-bond acceptors (Lipinski definition) is 1. The zero-order valence-corrected chi connectivity index (χ0v) is 7.70. The Kier molecular flexibility index (Phi) is 4.54. The number of unbranched alkanes of at least 4 members (excludes halogenated alkanes) is 1. The third kappa shape index (κ3) is 3.58. The first kappa shape index (κ1) is 9.33. The summed E-state index contributed by atoms with van der Waals surface area (Å²) in [6.45, 7) is 4.87. The molecular formula is C10H17NO. The molecule has 0 aromatic carbocycles. The van der Waals surface area contributed by atoms with Gasteiger partial charge in [-0.1, -0.05) is 13.3 Å². The minimum Gasteiger partial charge on any atom is -0.380 e. The van der Waals surface area contributed by atoms with Crippen molar-refractivity contribution in [2.75, 3.05) is 13.2 Å². The van der Waals surface area contributed by atoms with Crippen molar-refractivity contribution >= 4 is 0 Å². The van der Waals surface area contributed by atoms with Crippen LogP contribution in [0.5, 0.6) is 0 Å². The molecule has 0 aliphatic rings. The molecule has 0 saturated heterocycles. The normalized spacial score (nSPS) is 10.4. The lowest BCUT2D eigenvalue weighted by atomic mass is 10.4. The highest BCUT2D eigenvalue weighted by Crippen LogP contribution is 1.92. The van der Waals surface area contributed by atoms with Gasteiger partial charge in [0.25, 0.3) is 0 Å². The molecule has 2 heteroatoms.